The second kappa shape index (κ2) is 7.51. The predicted molar refractivity (Wildman–Crippen MR) is 72.4 cm³/mol. The summed E-state index contributed by atoms with van der Waals surface area (Å²) in [5.41, 5.74) is 0. The van der Waals surface area contributed by atoms with Gasteiger partial charge in [0.2, 0.25) is 0 Å². The minimum atomic E-state index is -0.0497. The summed E-state index contributed by atoms with van der Waals surface area (Å²) in [6.07, 6.45) is 0.974. The molecule has 17 heavy (non-hydrogen) atoms. The minimum Gasteiger partial charge on any atom is -0.380 e. The van der Waals surface area contributed by atoms with Gasteiger partial charge in [0.1, 0.15) is 6.29 Å². The molecule has 0 aliphatic heterocycles. The molecule has 0 N–H and O–H groups in total. The van der Waals surface area contributed by atoms with Crippen molar-refractivity contribution in [1.82, 2.24) is 0 Å². The molecule has 2 nitrogen and oxygen atoms in total. The zero-order valence-corrected chi connectivity index (χ0v) is 11.4. The highest BCUT2D eigenvalue weighted by Gasteiger charge is 2.22. The molecule has 3 heteroatoms. The van der Waals surface area contributed by atoms with Crippen molar-refractivity contribution >= 4 is 18.0 Å². The Hall–Kier alpha value is -0.800. The molecule has 0 bridgehead atoms. The van der Waals surface area contributed by atoms with Crippen LogP contribution in [0.25, 0.3) is 0 Å². The van der Waals surface area contributed by atoms with Crippen LogP contribution in [0, 0.1) is 11.8 Å². The number of ether oxygens (including phenoxy) is 1. The summed E-state index contributed by atoms with van der Waals surface area (Å²) in [7, 11) is 1.67. The first-order chi connectivity index (χ1) is 8.19. The van der Waals surface area contributed by atoms with Crippen LogP contribution in [0.3, 0.4) is 0 Å². The first-order valence-electron chi connectivity index (χ1n) is 5.85. The summed E-state index contributed by atoms with van der Waals surface area (Å²) < 4.78 is 5.41. The van der Waals surface area contributed by atoms with E-state index in [0.717, 1.165) is 12.0 Å². The van der Waals surface area contributed by atoms with E-state index in [1.165, 1.54) is 4.90 Å². The average Bonchev–Trinajstić information content (AvgIpc) is 2.38. The Morgan fingerprint density at radius 3 is 2.47 bits per heavy atom. The summed E-state index contributed by atoms with van der Waals surface area (Å²) in [5, 5.41) is 0. The number of carbonyl (C=O) groups excluding carboxylic acids is 1. The van der Waals surface area contributed by atoms with Gasteiger partial charge < -0.3 is 9.53 Å². The molecule has 0 radical (unpaired) electrons. The Morgan fingerprint density at radius 1 is 1.29 bits per heavy atom. The molecule has 0 saturated carbocycles. The van der Waals surface area contributed by atoms with Gasteiger partial charge >= 0.3 is 0 Å². The molecule has 0 aliphatic rings. The predicted octanol–water partition coefficient (Wildman–Crippen LogP) is 3.26. The number of methoxy groups -OCH3 is 1. The van der Waals surface area contributed by atoms with Crippen LogP contribution in [0.15, 0.2) is 35.2 Å². The Morgan fingerprint density at radius 2 is 1.94 bits per heavy atom. The molecule has 1 rings (SSSR count). The van der Waals surface area contributed by atoms with E-state index in [2.05, 4.69) is 19.1 Å². The average molecular weight is 252 g/mol. The molecule has 0 saturated heterocycles. The molecule has 0 heterocycles. The maximum absolute atomic E-state index is 10.8. The molecule has 0 spiro atoms. The van der Waals surface area contributed by atoms with E-state index in [0.29, 0.717) is 5.92 Å². The van der Waals surface area contributed by atoms with Crippen molar-refractivity contribution in [1.29, 1.82) is 0 Å². The van der Waals surface area contributed by atoms with Crippen LogP contribution in [0.2, 0.25) is 0 Å². The molecule has 0 aliphatic carbocycles. The molecule has 3 atom stereocenters. The Kier molecular flexibility index (Phi) is 6.30. The first-order valence-corrected chi connectivity index (χ1v) is 6.83. The normalized spacial score (nSPS) is 16.2. The standard InChI is InChI=1S/C14H20O2S/c1-11(9-15)14(16-3)12(2)10-17-13-7-5-4-6-8-13/h4-9,11-12,14H,10H2,1-3H3/t11-,12+,14+/m1/s1. The third-order valence-electron chi connectivity index (χ3n) is 2.82. The van der Waals surface area contributed by atoms with E-state index in [9.17, 15) is 4.79 Å². The topological polar surface area (TPSA) is 26.3 Å². The molecule has 0 aromatic heterocycles. The molecule has 0 amide bonds. The van der Waals surface area contributed by atoms with E-state index in [1.807, 2.05) is 25.1 Å². The van der Waals surface area contributed by atoms with Crippen molar-refractivity contribution in [2.75, 3.05) is 12.9 Å². The van der Waals surface area contributed by atoms with E-state index >= 15 is 0 Å². The fourth-order valence-corrected chi connectivity index (χ4v) is 2.88. The van der Waals surface area contributed by atoms with Gasteiger partial charge in [-0.1, -0.05) is 32.0 Å². The van der Waals surface area contributed by atoms with E-state index in [4.69, 9.17) is 4.74 Å². The van der Waals surface area contributed by atoms with Gasteiger partial charge in [0, 0.05) is 23.7 Å². The maximum Gasteiger partial charge on any atom is 0.125 e. The van der Waals surface area contributed by atoms with Crippen LogP contribution in [-0.2, 0) is 9.53 Å². The van der Waals surface area contributed by atoms with Crippen LogP contribution < -0.4 is 0 Å². The lowest BCUT2D eigenvalue weighted by atomic mass is 9.96. The van der Waals surface area contributed by atoms with Gasteiger partial charge in [-0.3, -0.25) is 0 Å². The summed E-state index contributed by atoms with van der Waals surface area (Å²) >= 11 is 1.80. The number of benzene rings is 1. The van der Waals surface area contributed by atoms with Gasteiger partial charge in [-0.05, 0) is 18.1 Å². The van der Waals surface area contributed by atoms with Crippen molar-refractivity contribution in [3.8, 4) is 0 Å². The number of aldehydes is 1. The second-order valence-corrected chi connectivity index (χ2v) is 5.39. The lowest BCUT2D eigenvalue weighted by molar-refractivity contribution is -0.115. The van der Waals surface area contributed by atoms with E-state index in [-0.39, 0.29) is 12.0 Å². The summed E-state index contributed by atoms with van der Waals surface area (Å²) in [6, 6.07) is 10.3. The van der Waals surface area contributed by atoms with Crippen molar-refractivity contribution < 1.29 is 9.53 Å². The van der Waals surface area contributed by atoms with Crippen molar-refractivity contribution in [2.45, 2.75) is 24.8 Å². The smallest absolute Gasteiger partial charge is 0.125 e. The zero-order valence-electron chi connectivity index (χ0n) is 10.6. The zero-order chi connectivity index (χ0) is 12.7. The second-order valence-electron chi connectivity index (χ2n) is 4.30. The number of thioether (sulfide) groups is 1. The third-order valence-corrected chi connectivity index (χ3v) is 4.12. The van der Waals surface area contributed by atoms with Gasteiger partial charge in [-0.15, -0.1) is 11.8 Å². The third kappa shape index (κ3) is 4.52. The van der Waals surface area contributed by atoms with Crippen molar-refractivity contribution in [2.24, 2.45) is 11.8 Å². The van der Waals surface area contributed by atoms with Crippen LogP contribution in [0.1, 0.15) is 13.8 Å². The molecular weight excluding hydrogens is 232 g/mol. The highest BCUT2D eigenvalue weighted by molar-refractivity contribution is 7.99. The quantitative estimate of drug-likeness (QED) is 0.550. The van der Waals surface area contributed by atoms with Crippen molar-refractivity contribution in [3.63, 3.8) is 0 Å². The summed E-state index contributed by atoms with van der Waals surface area (Å²) in [5.74, 6) is 1.26. The molecule has 0 unspecified atom stereocenters. The fraction of sp³-hybridized carbons (Fsp3) is 0.500. The lowest BCUT2D eigenvalue weighted by Crippen LogP contribution is -2.30. The molecular formula is C14H20O2S. The van der Waals surface area contributed by atoms with Gasteiger partial charge in [-0.25, -0.2) is 0 Å². The van der Waals surface area contributed by atoms with Crippen molar-refractivity contribution in [3.05, 3.63) is 30.3 Å². The largest absolute Gasteiger partial charge is 0.380 e. The van der Waals surface area contributed by atoms with Crippen LogP contribution in [0.5, 0.6) is 0 Å². The van der Waals surface area contributed by atoms with Crippen LogP contribution in [-0.4, -0.2) is 25.3 Å². The van der Waals surface area contributed by atoms with Gasteiger partial charge in [0.05, 0.1) is 6.10 Å². The molecule has 94 valence electrons. The molecule has 0 fully saturated rings. The fourth-order valence-electron chi connectivity index (χ4n) is 1.88. The monoisotopic (exact) mass is 252 g/mol. The van der Waals surface area contributed by atoms with Crippen LogP contribution in [0.4, 0.5) is 0 Å². The molecule has 1 aromatic carbocycles. The summed E-state index contributed by atoms with van der Waals surface area (Å²) in [4.78, 5) is 12.1. The van der Waals surface area contributed by atoms with E-state index < -0.39 is 0 Å². The minimum absolute atomic E-state index is 0.00344. The van der Waals surface area contributed by atoms with Gasteiger partial charge in [-0.2, -0.15) is 0 Å². The molecule has 1 aromatic rings. The number of rotatable bonds is 7. The Labute approximate surface area is 108 Å². The van der Waals surface area contributed by atoms with Gasteiger partial charge in [0.15, 0.2) is 0 Å². The first kappa shape index (κ1) is 14.3. The highest BCUT2D eigenvalue weighted by Crippen LogP contribution is 2.24. The van der Waals surface area contributed by atoms with E-state index in [1.54, 1.807) is 18.9 Å². The van der Waals surface area contributed by atoms with Gasteiger partial charge in [0.25, 0.3) is 0 Å². The SMILES string of the molecule is CO[C@@H]([C@H](C)C=O)[C@@H](C)CSc1ccccc1. The van der Waals surface area contributed by atoms with Crippen LogP contribution >= 0.6 is 11.8 Å². The number of carbonyl (C=O) groups is 1. The Bertz CT molecular complexity index is 326. The highest BCUT2D eigenvalue weighted by atomic mass is 32.2. The maximum atomic E-state index is 10.8. The number of hydrogen-bond acceptors (Lipinski definition) is 3. The summed E-state index contributed by atoms with van der Waals surface area (Å²) in [6.45, 7) is 4.04. The Balaban J connectivity index is 2.48. The lowest BCUT2D eigenvalue weighted by Gasteiger charge is -2.24. The number of hydrogen-bond donors (Lipinski definition) is 0.